The van der Waals surface area contributed by atoms with E-state index in [1.54, 1.807) is 4.31 Å². The van der Waals surface area contributed by atoms with E-state index in [-0.39, 0.29) is 5.54 Å². The van der Waals surface area contributed by atoms with Crippen molar-refractivity contribution in [2.24, 2.45) is 5.92 Å². The van der Waals surface area contributed by atoms with Crippen molar-refractivity contribution >= 4 is 10.0 Å². The first-order chi connectivity index (χ1) is 8.68. The summed E-state index contributed by atoms with van der Waals surface area (Å²) >= 11 is 0. The molecule has 1 fully saturated rings. The number of piperidine rings is 1. The van der Waals surface area contributed by atoms with Crippen molar-refractivity contribution < 1.29 is 8.42 Å². The first-order valence-electron chi connectivity index (χ1n) is 7.38. The summed E-state index contributed by atoms with van der Waals surface area (Å²) in [6.07, 6.45) is 7.02. The Hall–Kier alpha value is -0.130. The normalized spacial score (nSPS) is 22.6. The predicted octanol–water partition coefficient (Wildman–Crippen LogP) is 2.22. The molecule has 1 aliphatic rings. The number of sulfonamides is 1. The minimum atomic E-state index is -2.99. The average molecular weight is 290 g/mol. The van der Waals surface area contributed by atoms with Crippen molar-refractivity contribution in [2.45, 2.75) is 58.4 Å². The molecule has 1 heterocycles. The highest BCUT2D eigenvalue weighted by atomic mass is 32.2. The SMILES string of the molecule is CC(C)(C)NCCCCC1CCCN(S(C)(=O)=O)C1. The Balaban J connectivity index is 2.19. The van der Waals surface area contributed by atoms with Gasteiger partial charge in [-0.3, -0.25) is 0 Å². The van der Waals surface area contributed by atoms with Crippen LogP contribution in [0.4, 0.5) is 0 Å². The summed E-state index contributed by atoms with van der Waals surface area (Å²) in [4.78, 5) is 0. The third-order valence-electron chi connectivity index (χ3n) is 3.65. The van der Waals surface area contributed by atoms with E-state index in [1.165, 1.54) is 25.5 Å². The van der Waals surface area contributed by atoms with E-state index in [0.717, 1.165) is 25.9 Å². The zero-order valence-corrected chi connectivity index (χ0v) is 13.7. The molecule has 0 aromatic heterocycles. The highest BCUT2D eigenvalue weighted by Gasteiger charge is 2.25. The maximum absolute atomic E-state index is 11.5. The molecule has 1 rings (SSSR count). The molecule has 4 nitrogen and oxygen atoms in total. The lowest BCUT2D eigenvalue weighted by Crippen LogP contribution is -2.39. The van der Waals surface area contributed by atoms with Crippen molar-refractivity contribution in [3.8, 4) is 0 Å². The molecule has 1 atom stereocenters. The summed E-state index contributed by atoms with van der Waals surface area (Å²) in [5.74, 6) is 0.554. The van der Waals surface area contributed by atoms with Gasteiger partial charge in [-0.25, -0.2) is 12.7 Å². The van der Waals surface area contributed by atoms with Crippen molar-refractivity contribution in [3.05, 3.63) is 0 Å². The lowest BCUT2D eigenvalue weighted by atomic mass is 9.94. The van der Waals surface area contributed by atoms with Crippen LogP contribution in [0.15, 0.2) is 0 Å². The lowest BCUT2D eigenvalue weighted by molar-refractivity contribution is 0.252. The molecule has 0 saturated carbocycles. The van der Waals surface area contributed by atoms with Gasteiger partial charge >= 0.3 is 0 Å². The van der Waals surface area contributed by atoms with Gasteiger partial charge in [-0.15, -0.1) is 0 Å². The molecule has 114 valence electrons. The Bertz CT molecular complexity index is 360. The minimum absolute atomic E-state index is 0.192. The summed E-state index contributed by atoms with van der Waals surface area (Å²) < 4.78 is 24.7. The Labute approximate surface area is 119 Å². The number of unbranched alkanes of at least 4 members (excludes halogenated alkanes) is 1. The Kier molecular flexibility index (Phi) is 6.27. The summed E-state index contributed by atoms with van der Waals surface area (Å²) in [6.45, 7) is 9.02. The van der Waals surface area contributed by atoms with Gasteiger partial charge in [-0.2, -0.15) is 0 Å². The van der Waals surface area contributed by atoms with Crippen molar-refractivity contribution in [1.29, 1.82) is 0 Å². The van der Waals surface area contributed by atoms with E-state index < -0.39 is 10.0 Å². The van der Waals surface area contributed by atoms with Crippen LogP contribution in [0.2, 0.25) is 0 Å². The number of nitrogens with one attached hydrogen (secondary N) is 1. The van der Waals surface area contributed by atoms with Crippen LogP contribution in [0.1, 0.15) is 52.9 Å². The number of rotatable bonds is 6. The number of nitrogens with zero attached hydrogens (tertiary/aromatic N) is 1. The van der Waals surface area contributed by atoms with Crippen LogP contribution in [0.25, 0.3) is 0 Å². The van der Waals surface area contributed by atoms with Crippen LogP contribution < -0.4 is 5.32 Å². The lowest BCUT2D eigenvalue weighted by Gasteiger charge is -2.31. The van der Waals surface area contributed by atoms with E-state index in [0.29, 0.717) is 12.5 Å². The largest absolute Gasteiger partial charge is 0.312 e. The third-order valence-corrected chi connectivity index (χ3v) is 4.91. The molecule has 0 aromatic carbocycles. The van der Waals surface area contributed by atoms with Gasteiger partial charge in [-0.05, 0) is 58.9 Å². The molecular weight excluding hydrogens is 260 g/mol. The number of hydrogen-bond donors (Lipinski definition) is 1. The minimum Gasteiger partial charge on any atom is -0.312 e. The van der Waals surface area contributed by atoms with Crippen molar-refractivity contribution in [1.82, 2.24) is 9.62 Å². The summed E-state index contributed by atoms with van der Waals surface area (Å²) in [6, 6.07) is 0. The van der Waals surface area contributed by atoms with Crippen LogP contribution in [-0.2, 0) is 10.0 Å². The zero-order chi connectivity index (χ0) is 14.5. The molecule has 0 bridgehead atoms. The van der Waals surface area contributed by atoms with Gasteiger partial charge in [0.2, 0.25) is 10.0 Å². The quantitative estimate of drug-likeness (QED) is 0.763. The van der Waals surface area contributed by atoms with Crippen LogP contribution in [-0.4, -0.2) is 44.2 Å². The second-order valence-electron chi connectivity index (χ2n) is 6.80. The van der Waals surface area contributed by atoms with E-state index >= 15 is 0 Å². The van der Waals surface area contributed by atoms with Gasteiger partial charge in [-0.1, -0.05) is 6.42 Å². The smallest absolute Gasteiger partial charge is 0.211 e. The summed E-state index contributed by atoms with van der Waals surface area (Å²) in [5.41, 5.74) is 0.192. The standard InChI is InChI=1S/C14H30N2O2S/c1-14(2,3)15-10-6-5-8-13-9-7-11-16(12-13)19(4,17)18/h13,15H,5-12H2,1-4H3. The molecule has 0 spiro atoms. The highest BCUT2D eigenvalue weighted by Crippen LogP contribution is 2.23. The van der Waals surface area contributed by atoms with E-state index in [2.05, 4.69) is 26.1 Å². The Morgan fingerprint density at radius 3 is 2.53 bits per heavy atom. The molecular formula is C14H30N2O2S. The maximum atomic E-state index is 11.5. The zero-order valence-electron chi connectivity index (χ0n) is 12.9. The van der Waals surface area contributed by atoms with Gasteiger partial charge in [0.25, 0.3) is 0 Å². The van der Waals surface area contributed by atoms with Gasteiger partial charge in [0.15, 0.2) is 0 Å². The van der Waals surface area contributed by atoms with Crippen LogP contribution >= 0.6 is 0 Å². The first kappa shape index (κ1) is 16.9. The maximum Gasteiger partial charge on any atom is 0.211 e. The second kappa shape index (κ2) is 7.04. The molecule has 0 amide bonds. The molecule has 1 saturated heterocycles. The average Bonchev–Trinajstić information content (AvgIpc) is 2.26. The predicted molar refractivity (Wildman–Crippen MR) is 80.7 cm³/mol. The number of hydrogen-bond acceptors (Lipinski definition) is 3. The molecule has 0 radical (unpaired) electrons. The van der Waals surface area contributed by atoms with E-state index in [4.69, 9.17) is 0 Å². The second-order valence-corrected chi connectivity index (χ2v) is 8.78. The molecule has 1 aliphatic heterocycles. The molecule has 1 N–H and O–H groups in total. The first-order valence-corrected chi connectivity index (χ1v) is 9.23. The van der Waals surface area contributed by atoms with Gasteiger partial charge in [0.05, 0.1) is 6.26 Å². The van der Waals surface area contributed by atoms with Crippen LogP contribution in [0.5, 0.6) is 0 Å². The van der Waals surface area contributed by atoms with Crippen molar-refractivity contribution in [2.75, 3.05) is 25.9 Å². The summed E-state index contributed by atoms with van der Waals surface area (Å²) in [7, 11) is -2.99. The fourth-order valence-corrected chi connectivity index (χ4v) is 3.53. The fraction of sp³-hybridized carbons (Fsp3) is 1.00. The highest BCUT2D eigenvalue weighted by molar-refractivity contribution is 7.88. The van der Waals surface area contributed by atoms with E-state index in [9.17, 15) is 8.42 Å². The Morgan fingerprint density at radius 2 is 1.95 bits per heavy atom. The molecule has 0 aliphatic carbocycles. The topological polar surface area (TPSA) is 49.4 Å². The third kappa shape index (κ3) is 7.28. The molecule has 19 heavy (non-hydrogen) atoms. The molecule has 0 aromatic rings. The van der Waals surface area contributed by atoms with Crippen LogP contribution in [0.3, 0.4) is 0 Å². The van der Waals surface area contributed by atoms with Crippen molar-refractivity contribution in [3.63, 3.8) is 0 Å². The molecule has 5 heteroatoms. The van der Waals surface area contributed by atoms with Gasteiger partial charge in [0.1, 0.15) is 0 Å². The fourth-order valence-electron chi connectivity index (χ4n) is 2.59. The van der Waals surface area contributed by atoms with Crippen LogP contribution in [0, 0.1) is 5.92 Å². The van der Waals surface area contributed by atoms with Gasteiger partial charge in [0, 0.05) is 18.6 Å². The monoisotopic (exact) mass is 290 g/mol. The Morgan fingerprint density at radius 1 is 1.26 bits per heavy atom. The molecule has 1 unspecified atom stereocenters. The van der Waals surface area contributed by atoms with Gasteiger partial charge < -0.3 is 5.32 Å². The summed E-state index contributed by atoms with van der Waals surface area (Å²) in [5, 5.41) is 3.49. The van der Waals surface area contributed by atoms with E-state index in [1.807, 2.05) is 0 Å².